The summed E-state index contributed by atoms with van der Waals surface area (Å²) in [5, 5.41) is 5.94. The quantitative estimate of drug-likeness (QED) is 0.789. The summed E-state index contributed by atoms with van der Waals surface area (Å²) in [6, 6.07) is 5.77. The lowest BCUT2D eigenvalue weighted by Crippen LogP contribution is -2.65. The van der Waals surface area contributed by atoms with Gasteiger partial charge in [0.25, 0.3) is 0 Å². The molecule has 3 heterocycles. The van der Waals surface area contributed by atoms with Crippen molar-refractivity contribution in [2.45, 2.75) is 38.8 Å². The predicted molar refractivity (Wildman–Crippen MR) is 90.4 cm³/mol. The van der Waals surface area contributed by atoms with Crippen molar-refractivity contribution in [2.24, 2.45) is 0 Å². The Hall–Kier alpha value is -2.12. The molecule has 0 bridgehead atoms. The van der Waals surface area contributed by atoms with Crippen LogP contribution in [0, 0.1) is 13.8 Å². The first-order valence-corrected chi connectivity index (χ1v) is 8.41. The number of hydrogen-bond donors (Lipinski definition) is 2. The fraction of sp³-hybridized carbons (Fsp3) is 0.529. The van der Waals surface area contributed by atoms with Crippen LogP contribution in [0.4, 0.5) is 10.5 Å². The minimum atomic E-state index is -0.341. The third-order valence-corrected chi connectivity index (χ3v) is 5.46. The van der Waals surface area contributed by atoms with Crippen LogP contribution in [0.15, 0.2) is 18.2 Å². The second-order valence-corrected chi connectivity index (χ2v) is 6.89. The van der Waals surface area contributed by atoms with E-state index in [4.69, 9.17) is 0 Å². The molecule has 0 aromatic heterocycles. The molecule has 2 N–H and O–H groups in total. The van der Waals surface area contributed by atoms with Crippen molar-refractivity contribution in [1.29, 1.82) is 0 Å². The maximum absolute atomic E-state index is 12.4. The Kier molecular flexibility index (Phi) is 3.51. The number of aryl methyl sites for hydroxylation is 2. The maximum Gasteiger partial charge on any atom is 0.325 e. The van der Waals surface area contributed by atoms with E-state index in [0.717, 1.165) is 25.2 Å². The van der Waals surface area contributed by atoms with Gasteiger partial charge in [0.1, 0.15) is 18.5 Å². The number of amides is 3. The molecule has 7 nitrogen and oxygen atoms in total. The third-order valence-electron chi connectivity index (χ3n) is 5.46. The number of hydrogen-bond acceptors (Lipinski definition) is 5. The molecule has 3 atom stereocenters. The van der Waals surface area contributed by atoms with Crippen molar-refractivity contribution >= 4 is 17.6 Å². The summed E-state index contributed by atoms with van der Waals surface area (Å²) in [5.74, 6) is -0.208. The van der Waals surface area contributed by atoms with Gasteiger partial charge in [0, 0.05) is 25.8 Å². The highest BCUT2D eigenvalue weighted by Crippen LogP contribution is 2.31. The number of imide groups is 1. The molecule has 3 amide bonds. The molecule has 3 unspecified atom stereocenters. The summed E-state index contributed by atoms with van der Waals surface area (Å²) in [6.45, 7) is 5.99. The molecule has 3 fully saturated rings. The standard InChI is InChI=1S/C17H23N5O2/c1-10-5-6-12(9-11(10)2)21-7-4-8-22-13-14(18-16(21)22)20(3)17(24)19-15(13)23/h5-6,9,13-14,16,18H,4,7-8H2,1-3H3,(H,19,23,24). The molecule has 1 aromatic rings. The Morgan fingerprint density at radius 1 is 1.12 bits per heavy atom. The van der Waals surface area contributed by atoms with Crippen molar-refractivity contribution in [1.82, 2.24) is 20.4 Å². The average Bonchev–Trinajstić information content (AvgIpc) is 2.95. The van der Waals surface area contributed by atoms with Gasteiger partial charge in [-0.15, -0.1) is 0 Å². The zero-order valence-electron chi connectivity index (χ0n) is 14.2. The van der Waals surface area contributed by atoms with Crippen molar-refractivity contribution in [3.63, 3.8) is 0 Å². The first kappa shape index (κ1) is 15.4. The van der Waals surface area contributed by atoms with Crippen LogP contribution in [0.3, 0.4) is 0 Å². The Bertz CT molecular complexity index is 706. The van der Waals surface area contributed by atoms with E-state index in [1.807, 2.05) is 0 Å². The van der Waals surface area contributed by atoms with Gasteiger partial charge < -0.3 is 9.80 Å². The lowest BCUT2D eigenvalue weighted by Gasteiger charge is -2.42. The van der Waals surface area contributed by atoms with Crippen LogP contribution in [-0.2, 0) is 4.79 Å². The van der Waals surface area contributed by atoms with Crippen LogP contribution in [-0.4, -0.2) is 60.4 Å². The summed E-state index contributed by atoms with van der Waals surface area (Å²) < 4.78 is 0. The van der Waals surface area contributed by atoms with E-state index in [2.05, 4.69) is 52.5 Å². The molecule has 0 spiro atoms. The zero-order valence-corrected chi connectivity index (χ0v) is 14.2. The van der Waals surface area contributed by atoms with Crippen LogP contribution in [0.2, 0.25) is 0 Å². The summed E-state index contributed by atoms with van der Waals surface area (Å²) in [7, 11) is 1.73. The average molecular weight is 329 g/mol. The van der Waals surface area contributed by atoms with E-state index in [0.29, 0.717) is 0 Å². The Balaban J connectivity index is 1.67. The lowest BCUT2D eigenvalue weighted by atomic mass is 10.1. The van der Waals surface area contributed by atoms with Crippen molar-refractivity contribution in [3.8, 4) is 0 Å². The lowest BCUT2D eigenvalue weighted by molar-refractivity contribution is -0.128. The molecular weight excluding hydrogens is 306 g/mol. The molecule has 3 saturated heterocycles. The highest BCUT2D eigenvalue weighted by Gasteiger charge is 2.53. The molecular formula is C17H23N5O2. The Morgan fingerprint density at radius 2 is 1.92 bits per heavy atom. The van der Waals surface area contributed by atoms with Gasteiger partial charge in [-0.25, -0.2) is 4.79 Å². The molecule has 0 aliphatic carbocycles. The number of carbonyl (C=O) groups is 2. The minimum Gasteiger partial charge on any atom is -0.343 e. The molecule has 4 rings (SSSR count). The van der Waals surface area contributed by atoms with Crippen LogP contribution >= 0.6 is 0 Å². The molecule has 3 aliphatic rings. The number of likely N-dealkylation sites (N-methyl/N-ethyl adjacent to an activating group) is 1. The number of nitrogens with one attached hydrogen (secondary N) is 2. The molecule has 3 aliphatic heterocycles. The first-order chi connectivity index (χ1) is 11.5. The van der Waals surface area contributed by atoms with Gasteiger partial charge in [-0.05, 0) is 43.5 Å². The zero-order chi connectivity index (χ0) is 17.0. The summed E-state index contributed by atoms with van der Waals surface area (Å²) in [5.41, 5.74) is 3.67. The fourth-order valence-corrected chi connectivity index (χ4v) is 3.94. The van der Waals surface area contributed by atoms with Crippen molar-refractivity contribution in [3.05, 3.63) is 29.3 Å². The number of urea groups is 1. The maximum atomic E-state index is 12.4. The smallest absolute Gasteiger partial charge is 0.325 e. The van der Waals surface area contributed by atoms with Crippen LogP contribution in [0.25, 0.3) is 0 Å². The van der Waals surface area contributed by atoms with Crippen molar-refractivity contribution in [2.75, 3.05) is 25.0 Å². The topological polar surface area (TPSA) is 67.9 Å². The second kappa shape index (κ2) is 5.46. The van der Waals surface area contributed by atoms with E-state index in [1.165, 1.54) is 11.1 Å². The number of fused-ring (bicyclic) bond motifs is 3. The fourth-order valence-electron chi connectivity index (χ4n) is 3.94. The first-order valence-electron chi connectivity index (χ1n) is 8.41. The Morgan fingerprint density at radius 3 is 2.67 bits per heavy atom. The van der Waals surface area contributed by atoms with Crippen LogP contribution in [0.1, 0.15) is 17.5 Å². The highest BCUT2D eigenvalue weighted by atomic mass is 16.2. The van der Waals surface area contributed by atoms with Crippen LogP contribution in [0.5, 0.6) is 0 Å². The van der Waals surface area contributed by atoms with E-state index in [-0.39, 0.29) is 30.4 Å². The molecule has 0 radical (unpaired) electrons. The third kappa shape index (κ3) is 2.19. The second-order valence-electron chi connectivity index (χ2n) is 6.89. The summed E-state index contributed by atoms with van der Waals surface area (Å²) in [6.07, 6.45) is 0.623. The van der Waals surface area contributed by atoms with Gasteiger partial charge in [0.05, 0.1) is 0 Å². The summed E-state index contributed by atoms with van der Waals surface area (Å²) >= 11 is 0. The molecule has 1 aromatic carbocycles. The van der Waals surface area contributed by atoms with E-state index >= 15 is 0 Å². The van der Waals surface area contributed by atoms with Crippen LogP contribution < -0.4 is 15.5 Å². The van der Waals surface area contributed by atoms with Gasteiger partial charge in [-0.2, -0.15) is 0 Å². The minimum absolute atomic E-state index is 0.0741. The normalized spacial score (nSPS) is 30.2. The number of rotatable bonds is 1. The molecule has 24 heavy (non-hydrogen) atoms. The van der Waals surface area contributed by atoms with Gasteiger partial charge >= 0.3 is 6.03 Å². The SMILES string of the molecule is Cc1ccc(N2CCCN3C4C(=O)NC(=O)N(C)C4NC23)cc1C. The number of carbonyl (C=O) groups excluding carboxylic acids is 2. The van der Waals surface area contributed by atoms with Gasteiger partial charge in [0.2, 0.25) is 5.91 Å². The van der Waals surface area contributed by atoms with Crippen molar-refractivity contribution < 1.29 is 9.59 Å². The molecule has 7 heteroatoms. The number of anilines is 1. The van der Waals surface area contributed by atoms with E-state index in [1.54, 1.807) is 11.9 Å². The van der Waals surface area contributed by atoms with Gasteiger partial charge in [-0.1, -0.05) is 6.07 Å². The number of benzene rings is 1. The summed E-state index contributed by atoms with van der Waals surface area (Å²) in [4.78, 5) is 30.3. The Labute approximate surface area is 141 Å². The molecule has 0 saturated carbocycles. The predicted octanol–water partition coefficient (Wildman–Crippen LogP) is 0.579. The van der Waals surface area contributed by atoms with E-state index < -0.39 is 0 Å². The molecule has 128 valence electrons. The monoisotopic (exact) mass is 329 g/mol. The largest absolute Gasteiger partial charge is 0.343 e. The van der Waals surface area contributed by atoms with E-state index in [9.17, 15) is 9.59 Å². The van der Waals surface area contributed by atoms with Gasteiger partial charge in [-0.3, -0.25) is 20.3 Å². The number of nitrogens with zero attached hydrogens (tertiary/aromatic N) is 3. The highest BCUT2D eigenvalue weighted by molar-refractivity contribution is 6.00. The van der Waals surface area contributed by atoms with Gasteiger partial charge in [0.15, 0.2) is 0 Å².